The smallest absolute Gasteiger partial charge is 0.329 e. The lowest BCUT2D eigenvalue weighted by Gasteiger charge is -2.21. The van der Waals surface area contributed by atoms with Gasteiger partial charge in [-0.15, -0.1) is 0 Å². The molecule has 8 heteroatoms. The van der Waals surface area contributed by atoms with Crippen LogP contribution in [0.3, 0.4) is 0 Å². The number of ether oxygens (including phenoxy) is 1. The lowest BCUT2D eigenvalue weighted by Crippen LogP contribution is -2.46. The third-order valence-corrected chi connectivity index (χ3v) is 4.40. The summed E-state index contributed by atoms with van der Waals surface area (Å²) in [5.74, 6) is -5.05. The number of hydrogen-bond acceptors (Lipinski definition) is 4. The van der Waals surface area contributed by atoms with Crippen molar-refractivity contribution >= 4 is 23.5 Å². The number of carbonyl (C=O) groups is 3. The topological polar surface area (TPSA) is 84.5 Å². The normalized spacial score (nSPS) is 11.7. The van der Waals surface area contributed by atoms with Crippen molar-refractivity contribution in [3.63, 3.8) is 0 Å². The van der Waals surface area contributed by atoms with Gasteiger partial charge in [0.25, 0.3) is 11.8 Å². The van der Waals surface area contributed by atoms with Crippen molar-refractivity contribution in [1.29, 1.82) is 0 Å². The molecule has 160 valence electrons. The Kier molecular flexibility index (Phi) is 7.63. The zero-order valence-electron chi connectivity index (χ0n) is 17.2. The average Bonchev–Trinajstić information content (AvgIpc) is 2.66. The fourth-order valence-corrected chi connectivity index (χ4v) is 2.79. The first-order chi connectivity index (χ1) is 14.1. The predicted octanol–water partition coefficient (Wildman–Crippen LogP) is 3.52. The van der Waals surface area contributed by atoms with Crippen LogP contribution in [0.5, 0.6) is 0 Å². The molecule has 6 nitrogen and oxygen atoms in total. The minimum atomic E-state index is -1.19. The molecular weight excluding hydrogens is 394 g/mol. The van der Waals surface area contributed by atoms with Crippen molar-refractivity contribution in [2.24, 2.45) is 5.92 Å². The second-order valence-electron chi connectivity index (χ2n) is 7.27. The summed E-state index contributed by atoms with van der Waals surface area (Å²) in [5.41, 5.74) is 1.70. The highest BCUT2D eigenvalue weighted by atomic mass is 19.1. The number of aryl methyl sites for hydroxylation is 2. The first-order valence-corrected chi connectivity index (χ1v) is 9.38. The van der Waals surface area contributed by atoms with Gasteiger partial charge in [0.15, 0.2) is 6.61 Å². The molecule has 0 aliphatic heterocycles. The molecule has 0 unspecified atom stereocenters. The fraction of sp³-hybridized carbons (Fsp3) is 0.318. The number of esters is 1. The maximum absolute atomic E-state index is 13.8. The summed E-state index contributed by atoms with van der Waals surface area (Å²) in [5, 5.41) is 4.92. The third kappa shape index (κ3) is 5.85. The van der Waals surface area contributed by atoms with Crippen LogP contribution in [0.25, 0.3) is 0 Å². The van der Waals surface area contributed by atoms with Gasteiger partial charge in [0, 0.05) is 5.69 Å². The van der Waals surface area contributed by atoms with Gasteiger partial charge in [0.05, 0.1) is 0 Å². The molecule has 0 aliphatic rings. The van der Waals surface area contributed by atoms with Gasteiger partial charge >= 0.3 is 5.97 Å². The van der Waals surface area contributed by atoms with Crippen LogP contribution in [0.2, 0.25) is 0 Å². The summed E-state index contributed by atoms with van der Waals surface area (Å²) in [7, 11) is 0. The lowest BCUT2D eigenvalue weighted by atomic mass is 10.0. The second kappa shape index (κ2) is 9.96. The summed E-state index contributed by atoms with van der Waals surface area (Å²) in [4.78, 5) is 36.8. The first-order valence-electron chi connectivity index (χ1n) is 9.38. The first kappa shape index (κ1) is 23.0. The lowest BCUT2D eigenvalue weighted by molar-refractivity contribution is -0.150. The van der Waals surface area contributed by atoms with Gasteiger partial charge in [-0.3, -0.25) is 9.59 Å². The Morgan fingerprint density at radius 2 is 1.67 bits per heavy atom. The maximum Gasteiger partial charge on any atom is 0.329 e. The summed E-state index contributed by atoms with van der Waals surface area (Å²) in [6.45, 7) is 6.44. The molecule has 0 radical (unpaired) electrons. The Morgan fingerprint density at radius 3 is 2.23 bits per heavy atom. The quantitative estimate of drug-likeness (QED) is 0.674. The van der Waals surface area contributed by atoms with Gasteiger partial charge in [-0.05, 0) is 43.5 Å². The summed E-state index contributed by atoms with van der Waals surface area (Å²) in [6.07, 6.45) is 0. The van der Waals surface area contributed by atoms with E-state index in [-0.39, 0.29) is 0 Å². The van der Waals surface area contributed by atoms with E-state index in [2.05, 4.69) is 10.6 Å². The molecule has 2 aromatic rings. The van der Waals surface area contributed by atoms with Gasteiger partial charge in [-0.1, -0.05) is 37.6 Å². The van der Waals surface area contributed by atoms with E-state index in [9.17, 15) is 23.2 Å². The largest absolute Gasteiger partial charge is 0.454 e. The van der Waals surface area contributed by atoms with Gasteiger partial charge in [0.1, 0.15) is 23.2 Å². The van der Waals surface area contributed by atoms with Gasteiger partial charge in [-0.2, -0.15) is 0 Å². The van der Waals surface area contributed by atoms with Crippen molar-refractivity contribution in [3.05, 3.63) is 64.7 Å². The number of amides is 2. The molecular formula is C22H24F2N2O4. The Labute approximate surface area is 173 Å². The van der Waals surface area contributed by atoms with Crippen molar-refractivity contribution in [2.45, 2.75) is 33.7 Å². The minimum absolute atomic E-state index is 0.446. The van der Waals surface area contributed by atoms with Crippen LogP contribution >= 0.6 is 0 Å². The van der Waals surface area contributed by atoms with Crippen LogP contribution in [0.15, 0.2) is 36.4 Å². The SMILES string of the molecule is Cc1ccc(NC(=O)COC(=O)[C@@H](NC(=O)c2c(F)cccc2F)C(C)C)c(C)c1. The summed E-state index contributed by atoms with van der Waals surface area (Å²) in [6, 6.07) is 7.30. The molecule has 0 fully saturated rings. The van der Waals surface area contributed by atoms with E-state index in [4.69, 9.17) is 4.74 Å². The highest BCUT2D eigenvalue weighted by molar-refractivity contribution is 5.98. The fourth-order valence-electron chi connectivity index (χ4n) is 2.79. The molecule has 1 atom stereocenters. The third-order valence-electron chi connectivity index (χ3n) is 4.40. The monoisotopic (exact) mass is 418 g/mol. The van der Waals surface area contributed by atoms with Gasteiger partial charge in [0.2, 0.25) is 0 Å². The molecule has 2 aromatic carbocycles. The molecule has 0 saturated carbocycles. The number of halogens is 2. The Bertz CT molecular complexity index is 940. The molecule has 0 spiro atoms. The number of benzene rings is 2. The average molecular weight is 418 g/mol. The van der Waals surface area contributed by atoms with Crippen molar-refractivity contribution < 1.29 is 27.9 Å². The Morgan fingerprint density at radius 1 is 1.03 bits per heavy atom. The van der Waals surface area contributed by atoms with Crippen molar-refractivity contribution in [2.75, 3.05) is 11.9 Å². The molecule has 2 N–H and O–H groups in total. The maximum atomic E-state index is 13.8. The second-order valence-corrected chi connectivity index (χ2v) is 7.27. The number of carbonyl (C=O) groups excluding carboxylic acids is 3. The van der Waals surface area contributed by atoms with Crippen molar-refractivity contribution in [1.82, 2.24) is 5.32 Å². The molecule has 30 heavy (non-hydrogen) atoms. The van der Waals surface area contributed by atoms with E-state index in [0.29, 0.717) is 5.69 Å². The van der Waals surface area contributed by atoms with E-state index in [1.165, 1.54) is 0 Å². The molecule has 0 bridgehead atoms. The number of anilines is 1. The Hall–Kier alpha value is -3.29. The molecule has 0 saturated heterocycles. The minimum Gasteiger partial charge on any atom is -0.454 e. The van der Waals surface area contributed by atoms with Crippen LogP contribution < -0.4 is 10.6 Å². The van der Waals surface area contributed by atoms with Crippen LogP contribution in [0.1, 0.15) is 35.3 Å². The zero-order chi connectivity index (χ0) is 22.4. The van der Waals surface area contributed by atoms with E-state index < -0.39 is 53.5 Å². The predicted molar refractivity (Wildman–Crippen MR) is 108 cm³/mol. The molecule has 0 aliphatic carbocycles. The Balaban J connectivity index is 2.00. The molecule has 0 aromatic heterocycles. The van der Waals surface area contributed by atoms with Crippen LogP contribution in [-0.4, -0.2) is 30.4 Å². The molecule has 2 rings (SSSR count). The number of hydrogen-bond donors (Lipinski definition) is 2. The van der Waals surface area contributed by atoms with Crippen molar-refractivity contribution in [3.8, 4) is 0 Å². The van der Waals surface area contributed by atoms with Crippen LogP contribution in [-0.2, 0) is 14.3 Å². The number of rotatable bonds is 7. The number of nitrogens with one attached hydrogen (secondary N) is 2. The van der Waals surface area contributed by atoms with E-state index in [1.54, 1.807) is 19.9 Å². The highest BCUT2D eigenvalue weighted by Crippen LogP contribution is 2.16. The zero-order valence-corrected chi connectivity index (χ0v) is 17.2. The van der Waals surface area contributed by atoms with Crippen LogP contribution in [0.4, 0.5) is 14.5 Å². The molecule has 2 amide bonds. The standard InChI is InChI=1S/C22H24F2N2O4/c1-12(2)20(26-21(28)19-15(23)6-5-7-16(19)24)22(29)30-11-18(27)25-17-9-8-13(3)10-14(17)4/h5-10,12,20H,11H2,1-4H3,(H,25,27)(H,26,28)/t20-/m0/s1. The van der Waals surface area contributed by atoms with Crippen LogP contribution in [0, 0.1) is 31.4 Å². The van der Waals surface area contributed by atoms with Gasteiger partial charge < -0.3 is 15.4 Å². The summed E-state index contributed by atoms with van der Waals surface area (Å²) >= 11 is 0. The van der Waals surface area contributed by atoms with E-state index >= 15 is 0 Å². The van der Waals surface area contributed by atoms with Gasteiger partial charge in [-0.25, -0.2) is 13.6 Å². The summed E-state index contributed by atoms with van der Waals surface area (Å²) < 4.78 is 32.6. The molecule has 0 heterocycles. The highest BCUT2D eigenvalue weighted by Gasteiger charge is 2.29. The van der Waals surface area contributed by atoms with E-state index in [0.717, 1.165) is 29.3 Å². The van der Waals surface area contributed by atoms with E-state index in [1.807, 2.05) is 26.0 Å².